The van der Waals surface area contributed by atoms with Crippen molar-refractivity contribution in [2.75, 3.05) is 23.9 Å². The molecule has 1 aromatic heterocycles. The Morgan fingerprint density at radius 2 is 1.92 bits per heavy atom. The SMILES string of the molecule is COc1ccc(NC(=O)CCc2nc(C3(NC(C)=O)CCCCCC3)no2)cc1N1CCCCC1=O. The van der Waals surface area contributed by atoms with Crippen LogP contribution < -0.4 is 20.3 Å². The number of nitrogens with zero attached hydrogens (tertiary/aromatic N) is 3. The lowest BCUT2D eigenvalue weighted by Crippen LogP contribution is -2.45. The van der Waals surface area contributed by atoms with Crippen LogP contribution in [0, 0.1) is 0 Å². The van der Waals surface area contributed by atoms with Crippen molar-refractivity contribution in [2.24, 2.45) is 0 Å². The van der Waals surface area contributed by atoms with Gasteiger partial charge < -0.3 is 24.8 Å². The predicted octanol–water partition coefficient (Wildman–Crippen LogP) is 3.85. The highest BCUT2D eigenvalue weighted by atomic mass is 16.5. The average Bonchev–Trinajstić information content (AvgIpc) is 3.23. The molecule has 0 unspecified atom stereocenters. The smallest absolute Gasteiger partial charge is 0.227 e. The summed E-state index contributed by atoms with van der Waals surface area (Å²) in [5.41, 5.74) is 0.634. The summed E-state index contributed by atoms with van der Waals surface area (Å²) in [5.74, 6) is 1.17. The van der Waals surface area contributed by atoms with E-state index in [4.69, 9.17) is 9.26 Å². The van der Waals surface area contributed by atoms with Gasteiger partial charge in [0.05, 0.1) is 12.8 Å². The number of piperidine rings is 1. The van der Waals surface area contributed by atoms with Crippen molar-refractivity contribution in [3.8, 4) is 5.75 Å². The van der Waals surface area contributed by atoms with E-state index in [0.717, 1.165) is 51.4 Å². The van der Waals surface area contributed by atoms with E-state index in [9.17, 15) is 14.4 Å². The second-order valence-electron chi connectivity index (χ2n) is 9.63. The van der Waals surface area contributed by atoms with Crippen molar-refractivity contribution in [1.29, 1.82) is 0 Å². The summed E-state index contributed by atoms with van der Waals surface area (Å²) < 4.78 is 10.9. The minimum Gasteiger partial charge on any atom is -0.495 e. The number of anilines is 2. The molecule has 10 nitrogen and oxygen atoms in total. The lowest BCUT2D eigenvalue weighted by molar-refractivity contribution is -0.121. The molecule has 0 atom stereocenters. The number of ether oxygens (including phenoxy) is 1. The summed E-state index contributed by atoms with van der Waals surface area (Å²) in [6.45, 7) is 2.13. The standard InChI is InChI=1S/C26H35N5O5/c1-18(32)29-26(14-6-3-4-7-15-26)25-28-23(36-30-25)13-12-22(33)27-19-10-11-21(35-2)20(17-19)31-16-8-5-9-24(31)34/h10-11,17H,3-9,12-16H2,1-2H3,(H,27,33)(H,29,32). The molecule has 2 aromatic rings. The van der Waals surface area contributed by atoms with Gasteiger partial charge in [0, 0.05) is 38.4 Å². The Labute approximate surface area is 211 Å². The van der Waals surface area contributed by atoms with Gasteiger partial charge in [0.15, 0.2) is 5.82 Å². The number of nitrogens with one attached hydrogen (secondary N) is 2. The van der Waals surface area contributed by atoms with Crippen molar-refractivity contribution in [3.05, 3.63) is 29.9 Å². The van der Waals surface area contributed by atoms with Crippen LogP contribution in [0.5, 0.6) is 5.75 Å². The van der Waals surface area contributed by atoms with Crippen molar-refractivity contribution in [2.45, 2.75) is 83.1 Å². The van der Waals surface area contributed by atoms with Crippen molar-refractivity contribution in [1.82, 2.24) is 15.5 Å². The molecule has 2 aliphatic rings. The molecule has 3 amide bonds. The van der Waals surface area contributed by atoms with E-state index in [1.165, 1.54) is 6.92 Å². The van der Waals surface area contributed by atoms with E-state index in [1.54, 1.807) is 30.2 Å². The summed E-state index contributed by atoms with van der Waals surface area (Å²) in [4.78, 5) is 43.3. The molecule has 4 rings (SSSR count). The zero-order chi connectivity index (χ0) is 25.5. The van der Waals surface area contributed by atoms with Gasteiger partial charge in [-0.05, 0) is 43.9 Å². The quantitative estimate of drug-likeness (QED) is 0.530. The van der Waals surface area contributed by atoms with Crippen LogP contribution in [0.3, 0.4) is 0 Å². The number of carbonyl (C=O) groups is 3. The third kappa shape index (κ3) is 6.03. The van der Waals surface area contributed by atoms with Crippen molar-refractivity contribution in [3.63, 3.8) is 0 Å². The number of carbonyl (C=O) groups excluding carboxylic acids is 3. The molecule has 0 bridgehead atoms. The van der Waals surface area contributed by atoms with Gasteiger partial charge in [0.1, 0.15) is 11.3 Å². The lowest BCUT2D eigenvalue weighted by Gasteiger charge is -2.30. The highest BCUT2D eigenvalue weighted by Gasteiger charge is 2.38. The second kappa shape index (κ2) is 11.5. The molecule has 0 radical (unpaired) electrons. The number of methoxy groups -OCH3 is 1. The summed E-state index contributed by atoms with van der Waals surface area (Å²) in [6, 6.07) is 5.28. The van der Waals surface area contributed by atoms with E-state index in [2.05, 4.69) is 20.8 Å². The van der Waals surface area contributed by atoms with E-state index in [-0.39, 0.29) is 30.6 Å². The molecule has 36 heavy (non-hydrogen) atoms. The fraction of sp³-hybridized carbons (Fsp3) is 0.577. The van der Waals surface area contributed by atoms with Crippen LogP contribution in [0.4, 0.5) is 11.4 Å². The zero-order valence-electron chi connectivity index (χ0n) is 21.1. The third-order valence-electron chi connectivity index (χ3n) is 6.91. The van der Waals surface area contributed by atoms with Gasteiger partial charge in [0.2, 0.25) is 23.6 Å². The molecule has 2 fully saturated rings. The topological polar surface area (TPSA) is 127 Å². The number of rotatable bonds is 8. The Hall–Kier alpha value is -3.43. The number of hydrogen-bond acceptors (Lipinski definition) is 7. The maximum Gasteiger partial charge on any atom is 0.227 e. The van der Waals surface area contributed by atoms with Crippen molar-refractivity contribution < 1.29 is 23.6 Å². The van der Waals surface area contributed by atoms with Gasteiger partial charge >= 0.3 is 0 Å². The maximum absolute atomic E-state index is 12.7. The second-order valence-corrected chi connectivity index (χ2v) is 9.63. The van der Waals surface area contributed by atoms with Crippen LogP contribution in [-0.4, -0.2) is 41.5 Å². The first-order valence-electron chi connectivity index (χ1n) is 12.8. The van der Waals surface area contributed by atoms with Gasteiger partial charge in [0.25, 0.3) is 0 Å². The summed E-state index contributed by atoms with van der Waals surface area (Å²) in [5, 5.41) is 10.1. The Balaban J connectivity index is 1.40. The summed E-state index contributed by atoms with van der Waals surface area (Å²) >= 11 is 0. The number of hydrogen-bond donors (Lipinski definition) is 2. The van der Waals surface area contributed by atoms with E-state index in [1.807, 2.05) is 0 Å². The first-order valence-corrected chi connectivity index (χ1v) is 12.8. The van der Waals surface area contributed by atoms with Crippen LogP contribution in [0.15, 0.2) is 22.7 Å². The highest BCUT2D eigenvalue weighted by Crippen LogP contribution is 2.35. The molecule has 1 aromatic carbocycles. The fourth-order valence-electron chi connectivity index (χ4n) is 5.11. The van der Waals surface area contributed by atoms with Crippen molar-refractivity contribution >= 4 is 29.1 Å². The fourth-order valence-corrected chi connectivity index (χ4v) is 5.11. The molecule has 1 saturated carbocycles. The number of aromatic nitrogens is 2. The van der Waals surface area contributed by atoms with Gasteiger partial charge in [-0.3, -0.25) is 14.4 Å². The molecular formula is C26H35N5O5. The normalized spacial score (nSPS) is 17.8. The average molecular weight is 498 g/mol. The van der Waals surface area contributed by atoms with Crippen LogP contribution in [0.2, 0.25) is 0 Å². The molecule has 2 N–H and O–H groups in total. The number of aryl methyl sites for hydroxylation is 1. The maximum atomic E-state index is 12.7. The molecule has 1 aliphatic heterocycles. The predicted molar refractivity (Wildman–Crippen MR) is 134 cm³/mol. The number of amides is 3. The first kappa shape index (κ1) is 25.7. The van der Waals surface area contributed by atoms with Crippen LogP contribution in [0.25, 0.3) is 0 Å². The Morgan fingerprint density at radius 3 is 2.61 bits per heavy atom. The summed E-state index contributed by atoms with van der Waals surface area (Å²) in [6.07, 6.45) is 8.50. The minimum atomic E-state index is -0.613. The summed E-state index contributed by atoms with van der Waals surface area (Å²) in [7, 11) is 1.56. The highest BCUT2D eigenvalue weighted by molar-refractivity contribution is 5.97. The van der Waals surface area contributed by atoms with Crippen LogP contribution in [0.1, 0.15) is 82.8 Å². The van der Waals surface area contributed by atoms with Gasteiger partial charge in [-0.15, -0.1) is 0 Å². The van der Waals surface area contributed by atoms with Crippen LogP contribution >= 0.6 is 0 Å². The minimum absolute atomic E-state index is 0.0564. The molecular weight excluding hydrogens is 462 g/mol. The molecule has 10 heteroatoms. The molecule has 194 valence electrons. The van der Waals surface area contributed by atoms with Crippen LogP contribution in [-0.2, 0) is 26.3 Å². The molecule has 1 aliphatic carbocycles. The number of benzene rings is 1. The Kier molecular flexibility index (Phi) is 8.22. The van der Waals surface area contributed by atoms with E-state index in [0.29, 0.717) is 41.8 Å². The lowest BCUT2D eigenvalue weighted by atomic mass is 9.89. The Morgan fingerprint density at radius 1 is 1.14 bits per heavy atom. The Bertz CT molecular complexity index is 1090. The first-order chi connectivity index (χ1) is 17.4. The molecule has 0 spiro atoms. The molecule has 1 saturated heterocycles. The monoisotopic (exact) mass is 497 g/mol. The largest absolute Gasteiger partial charge is 0.495 e. The molecule has 2 heterocycles. The van der Waals surface area contributed by atoms with Gasteiger partial charge in [-0.1, -0.05) is 30.8 Å². The third-order valence-corrected chi connectivity index (χ3v) is 6.91. The van der Waals surface area contributed by atoms with E-state index >= 15 is 0 Å². The van der Waals surface area contributed by atoms with Gasteiger partial charge in [-0.25, -0.2) is 0 Å². The van der Waals surface area contributed by atoms with Gasteiger partial charge in [-0.2, -0.15) is 4.98 Å². The zero-order valence-corrected chi connectivity index (χ0v) is 21.1. The van der Waals surface area contributed by atoms with E-state index < -0.39 is 5.54 Å².